The van der Waals surface area contributed by atoms with E-state index in [2.05, 4.69) is 59.1 Å². The number of hydrogen-bond donors (Lipinski definition) is 3. The number of hydrogen-bond acceptors (Lipinski definition) is 6. The minimum Gasteiger partial charge on any atom is -0.349 e. The van der Waals surface area contributed by atoms with Crippen LogP contribution in [0.1, 0.15) is 75.8 Å². The van der Waals surface area contributed by atoms with Crippen LogP contribution in [0, 0.1) is 16.7 Å². The molecule has 1 fully saturated rings. The van der Waals surface area contributed by atoms with Crippen LogP contribution in [0.3, 0.4) is 0 Å². The lowest BCUT2D eigenvalue weighted by Gasteiger charge is -2.31. The van der Waals surface area contributed by atoms with Crippen molar-refractivity contribution in [3.8, 4) is 6.07 Å². The number of anilines is 1. The molecule has 1 saturated carbocycles. The molecule has 0 spiro atoms. The van der Waals surface area contributed by atoms with Crippen LogP contribution in [0.4, 0.5) is 5.69 Å². The van der Waals surface area contributed by atoms with Crippen LogP contribution >= 0.6 is 0 Å². The van der Waals surface area contributed by atoms with Crippen LogP contribution in [-0.2, 0) is 9.59 Å². The molecule has 8 heteroatoms. The Labute approximate surface area is 220 Å². The SMILES string of the molecule is CN(C)C(=O)CNC1CCC(c2ccc(NC(=O)C3=NCC(C#N)N3)c(C3=CCC(C)(C)CC3)c2)CC1. The van der Waals surface area contributed by atoms with Gasteiger partial charge in [0.1, 0.15) is 6.04 Å². The van der Waals surface area contributed by atoms with Crippen LogP contribution in [0.2, 0.25) is 0 Å². The van der Waals surface area contributed by atoms with E-state index < -0.39 is 6.04 Å². The van der Waals surface area contributed by atoms with Crippen LogP contribution in [0.25, 0.3) is 5.57 Å². The first-order chi connectivity index (χ1) is 17.6. The summed E-state index contributed by atoms with van der Waals surface area (Å²) in [6.07, 6.45) is 9.66. The average molecular weight is 505 g/mol. The third-order valence-electron chi connectivity index (χ3n) is 7.96. The molecule has 37 heavy (non-hydrogen) atoms. The van der Waals surface area contributed by atoms with Gasteiger partial charge in [0.2, 0.25) is 5.91 Å². The molecule has 0 bridgehead atoms. The van der Waals surface area contributed by atoms with Crippen molar-refractivity contribution in [3.05, 3.63) is 35.4 Å². The quantitative estimate of drug-likeness (QED) is 0.523. The zero-order chi connectivity index (χ0) is 26.6. The molecule has 198 valence electrons. The van der Waals surface area contributed by atoms with Gasteiger partial charge in [-0.15, -0.1) is 0 Å². The van der Waals surface area contributed by atoms with E-state index in [4.69, 9.17) is 5.26 Å². The van der Waals surface area contributed by atoms with E-state index in [0.29, 0.717) is 30.5 Å². The molecule has 1 aromatic rings. The summed E-state index contributed by atoms with van der Waals surface area (Å²) in [6.45, 7) is 5.29. The van der Waals surface area contributed by atoms with E-state index in [1.807, 2.05) is 6.07 Å². The standard InChI is InChI=1S/C29H40N6O2/c1-29(2)13-11-20(12-14-29)24-15-21(19-5-8-22(9-6-19)31-18-26(36)35(3)4)7-10-25(24)34-28(37)27-32-17-23(16-30)33-27/h7,10-11,15,19,22-23,31H,5-6,8-9,12-14,17-18H2,1-4H3,(H,32,33)(H,34,37). The summed E-state index contributed by atoms with van der Waals surface area (Å²) in [6, 6.07) is 8.48. The molecular weight excluding hydrogens is 464 g/mol. The molecule has 1 heterocycles. The average Bonchev–Trinajstić information content (AvgIpc) is 3.38. The first-order valence-electron chi connectivity index (χ1n) is 13.4. The van der Waals surface area contributed by atoms with Gasteiger partial charge < -0.3 is 20.9 Å². The monoisotopic (exact) mass is 504 g/mol. The number of nitrogens with zero attached hydrogens (tertiary/aromatic N) is 3. The Morgan fingerprint density at radius 3 is 2.59 bits per heavy atom. The van der Waals surface area contributed by atoms with Crippen molar-refractivity contribution in [1.82, 2.24) is 15.5 Å². The number of allylic oxidation sites excluding steroid dienone is 2. The number of rotatable bonds is 7. The van der Waals surface area contributed by atoms with Gasteiger partial charge in [0.25, 0.3) is 5.91 Å². The number of amidine groups is 1. The van der Waals surface area contributed by atoms with Gasteiger partial charge in [-0.05, 0) is 79.5 Å². The summed E-state index contributed by atoms with van der Waals surface area (Å²) in [7, 11) is 3.57. The van der Waals surface area contributed by atoms with Crippen molar-refractivity contribution in [2.24, 2.45) is 10.4 Å². The van der Waals surface area contributed by atoms with Crippen molar-refractivity contribution >= 4 is 28.9 Å². The highest BCUT2D eigenvalue weighted by atomic mass is 16.2. The number of nitriles is 1. The molecule has 0 radical (unpaired) electrons. The molecule has 3 N–H and O–H groups in total. The Morgan fingerprint density at radius 2 is 1.97 bits per heavy atom. The van der Waals surface area contributed by atoms with Gasteiger partial charge in [0.05, 0.1) is 19.2 Å². The zero-order valence-corrected chi connectivity index (χ0v) is 22.6. The molecule has 0 saturated heterocycles. The normalized spacial score (nSPS) is 24.8. The summed E-state index contributed by atoms with van der Waals surface area (Å²) in [5, 5.41) is 18.5. The van der Waals surface area contributed by atoms with Gasteiger partial charge in [-0.3, -0.25) is 14.6 Å². The summed E-state index contributed by atoms with van der Waals surface area (Å²) >= 11 is 0. The van der Waals surface area contributed by atoms with Crippen LogP contribution in [-0.4, -0.2) is 61.8 Å². The van der Waals surface area contributed by atoms with E-state index in [9.17, 15) is 9.59 Å². The molecule has 2 aliphatic carbocycles. The maximum atomic E-state index is 12.9. The number of aliphatic imine (C=N–C) groups is 1. The third kappa shape index (κ3) is 6.78. The predicted octanol–water partition coefficient (Wildman–Crippen LogP) is 3.82. The fourth-order valence-electron chi connectivity index (χ4n) is 5.36. The molecule has 4 rings (SSSR count). The van der Waals surface area contributed by atoms with Crippen molar-refractivity contribution in [1.29, 1.82) is 5.26 Å². The van der Waals surface area contributed by atoms with E-state index in [1.54, 1.807) is 19.0 Å². The first-order valence-corrected chi connectivity index (χ1v) is 13.4. The second-order valence-electron chi connectivity index (χ2n) is 11.6. The number of benzene rings is 1. The first kappa shape index (κ1) is 26.9. The van der Waals surface area contributed by atoms with Gasteiger partial charge >= 0.3 is 0 Å². The highest BCUT2D eigenvalue weighted by Gasteiger charge is 2.28. The summed E-state index contributed by atoms with van der Waals surface area (Å²) in [4.78, 5) is 30.7. The maximum Gasteiger partial charge on any atom is 0.290 e. The summed E-state index contributed by atoms with van der Waals surface area (Å²) in [5.74, 6) is 0.487. The van der Waals surface area contributed by atoms with Crippen molar-refractivity contribution in [2.45, 2.75) is 76.8 Å². The zero-order valence-electron chi connectivity index (χ0n) is 22.6. The fraction of sp³-hybridized carbons (Fsp3) is 0.586. The minimum atomic E-state index is -0.448. The Hall–Kier alpha value is -3.18. The molecule has 0 aromatic heterocycles. The van der Waals surface area contributed by atoms with Gasteiger partial charge in [0.15, 0.2) is 5.84 Å². The number of nitrogens with one attached hydrogen (secondary N) is 3. The summed E-state index contributed by atoms with van der Waals surface area (Å²) in [5.41, 5.74) is 4.77. The lowest BCUT2D eigenvalue weighted by Crippen LogP contribution is -2.40. The van der Waals surface area contributed by atoms with Crippen molar-refractivity contribution < 1.29 is 9.59 Å². The number of carbonyl (C=O) groups is 2. The topological polar surface area (TPSA) is 110 Å². The lowest BCUT2D eigenvalue weighted by atomic mass is 9.76. The number of likely N-dealkylation sites (N-methyl/N-ethyl adjacent to an activating group) is 1. The smallest absolute Gasteiger partial charge is 0.290 e. The predicted molar refractivity (Wildman–Crippen MR) is 147 cm³/mol. The van der Waals surface area contributed by atoms with E-state index >= 15 is 0 Å². The van der Waals surface area contributed by atoms with Crippen LogP contribution < -0.4 is 16.0 Å². The van der Waals surface area contributed by atoms with Gasteiger partial charge in [0, 0.05) is 31.4 Å². The van der Waals surface area contributed by atoms with Gasteiger partial charge in [-0.2, -0.15) is 5.26 Å². The number of carbonyl (C=O) groups excluding carboxylic acids is 2. The Bertz CT molecular complexity index is 1120. The molecule has 1 unspecified atom stereocenters. The third-order valence-corrected chi connectivity index (χ3v) is 7.96. The largest absolute Gasteiger partial charge is 0.349 e. The highest BCUT2D eigenvalue weighted by Crippen LogP contribution is 2.42. The minimum absolute atomic E-state index is 0.107. The van der Waals surface area contributed by atoms with Gasteiger partial charge in [-0.25, -0.2) is 0 Å². The lowest BCUT2D eigenvalue weighted by molar-refractivity contribution is -0.127. The Kier molecular flexibility index (Phi) is 8.33. The highest BCUT2D eigenvalue weighted by molar-refractivity contribution is 6.42. The van der Waals surface area contributed by atoms with Crippen LogP contribution in [0.15, 0.2) is 29.3 Å². The van der Waals surface area contributed by atoms with Gasteiger partial charge in [-0.1, -0.05) is 26.0 Å². The second kappa shape index (κ2) is 11.5. The Morgan fingerprint density at radius 1 is 1.22 bits per heavy atom. The maximum absolute atomic E-state index is 12.9. The molecule has 3 aliphatic rings. The molecule has 2 amide bonds. The van der Waals surface area contributed by atoms with Crippen molar-refractivity contribution in [2.75, 3.05) is 32.5 Å². The molecule has 1 atom stereocenters. The van der Waals surface area contributed by atoms with Crippen molar-refractivity contribution in [3.63, 3.8) is 0 Å². The Balaban J connectivity index is 1.48. The van der Waals surface area contributed by atoms with E-state index in [-0.39, 0.29) is 17.6 Å². The summed E-state index contributed by atoms with van der Waals surface area (Å²) < 4.78 is 0. The number of amides is 2. The molecule has 1 aliphatic heterocycles. The van der Waals surface area contributed by atoms with E-state index in [0.717, 1.165) is 56.2 Å². The molecular formula is C29H40N6O2. The van der Waals surface area contributed by atoms with E-state index in [1.165, 1.54) is 11.1 Å². The molecule has 1 aromatic carbocycles. The molecule has 8 nitrogen and oxygen atoms in total. The second-order valence-corrected chi connectivity index (χ2v) is 11.6. The van der Waals surface area contributed by atoms with Crippen LogP contribution in [0.5, 0.6) is 0 Å². The fourth-order valence-corrected chi connectivity index (χ4v) is 5.36.